The molecule has 8 nitrogen and oxygen atoms in total. The summed E-state index contributed by atoms with van der Waals surface area (Å²) in [5.41, 5.74) is 2.12. The molecule has 1 heterocycles. The van der Waals surface area contributed by atoms with Gasteiger partial charge >= 0.3 is 5.97 Å². The molecule has 9 heteroatoms. The van der Waals surface area contributed by atoms with Crippen LogP contribution >= 0.6 is 11.6 Å². The Morgan fingerprint density at radius 3 is 2.59 bits per heavy atom. The first-order valence-electron chi connectivity index (χ1n) is 9.99. The fraction of sp³-hybridized carbons (Fsp3) is 0.261. The third kappa shape index (κ3) is 5.20. The van der Waals surface area contributed by atoms with Crippen LogP contribution in [-0.4, -0.2) is 40.5 Å². The second-order valence-electron chi connectivity index (χ2n) is 7.01. The summed E-state index contributed by atoms with van der Waals surface area (Å²) in [6.07, 6.45) is -0.289. The highest BCUT2D eigenvalue weighted by atomic mass is 35.5. The maximum absolute atomic E-state index is 13.0. The Balaban J connectivity index is 1.93. The lowest BCUT2D eigenvalue weighted by Crippen LogP contribution is -2.31. The number of halogens is 1. The number of amides is 1. The summed E-state index contributed by atoms with van der Waals surface area (Å²) in [6, 6.07) is 13.1. The average Bonchev–Trinajstić information content (AvgIpc) is 3.17. The molecule has 1 aromatic heterocycles. The average molecular weight is 458 g/mol. The molecule has 0 aliphatic carbocycles. The van der Waals surface area contributed by atoms with Crippen molar-refractivity contribution < 1.29 is 24.2 Å². The van der Waals surface area contributed by atoms with Crippen molar-refractivity contribution in [2.24, 2.45) is 0 Å². The minimum absolute atomic E-state index is 0.0786. The smallest absolute Gasteiger partial charge is 0.305 e. The molecule has 0 fully saturated rings. The fourth-order valence-corrected chi connectivity index (χ4v) is 3.55. The van der Waals surface area contributed by atoms with Gasteiger partial charge in [0.1, 0.15) is 5.75 Å². The van der Waals surface area contributed by atoms with E-state index in [9.17, 15) is 14.7 Å². The molecule has 0 spiro atoms. The van der Waals surface area contributed by atoms with E-state index in [1.165, 1.54) is 10.7 Å². The van der Waals surface area contributed by atoms with E-state index >= 15 is 0 Å². The predicted molar refractivity (Wildman–Crippen MR) is 120 cm³/mol. The number of rotatable bonds is 9. The van der Waals surface area contributed by atoms with Crippen molar-refractivity contribution in [3.05, 3.63) is 70.4 Å². The number of carboxylic acids is 1. The van der Waals surface area contributed by atoms with Crippen LogP contribution in [-0.2, 0) is 4.79 Å². The van der Waals surface area contributed by atoms with Crippen LogP contribution in [0.5, 0.6) is 11.6 Å². The number of methoxy groups -OCH3 is 1. The van der Waals surface area contributed by atoms with Crippen molar-refractivity contribution in [2.75, 3.05) is 13.7 Å². The van der Waals surface area contributed by atoms with E-state index in [0.717, 1.165) is 5.56 Å². The zero-order chi connectivity index (χ0) is 23.3. The van der Waals surface area contributed by atoms with Crippen LogP contribution in [0.2, 0.25) is 5.02 Å². The number of carbonyl (C=O) groups is 2. The number of aromatic nitrogens is 2. The van der Waals surface area contributed by atoms with Gasteiger partial charge in [0.25, 0.3) is 5.91 Å². The van der Waals surface area contributed by atoms with Crippen molar-refractivity contribution >= 4 is 23.5 Å². The van der Waals surface area contributed by atoms with Crippen LogP contribution in [0.4, 0.5) is 0 Å². The molecule has 1 atom stereocenters. The minimum atomic E-state index is -1.04. The molecule has 1 amide bonds. The number of carboxylic acid groups (broad SMARTS) is 1. The van der Waals surface area contributed by atoms with E-state index in [1.807, 2.05) is 13.8 Å². The number of ether oxygens (including phenoxy) is 2. The highest BCUT2D eigenvalue weighted by Gasteiger charge is 2.24. The van der Waals surface area contributed by atoms with Crippen molar-refractivity contribution in [3.8, 4) is 17.3 Å². The van der Waals surface area contributed by atoms with Gasteiger partial charge in [0.05, 0.1) is 36.9 Å². The summed E-state index contributed by atoms with van der Waals surface area (Å²) in [4.78, 5) is 24.5. The van der Waals surface area contributed by atoms with E-state index in [1.54, 1.807) is 49.6 Å². The van der Waals surface area contributed by atoms with Crippen LogP contribution in [0.15, 0.2) is 48.5 Å². The molecular weight excluding hydrogens is 434 g/mol. The number of benzene rings is 2. The molecule has 3 rings (SSSR count). The largest absolute Gasteiger partial charge is 0.497 e. The van der Waals surface area contributed by atoms with Gasteiger partial charge in [-0.3, -0.25) is 9.59 Å². The normalized spacial score (nSPS) is 11.6. The first-order valence-corrected chi connectivity index (χ1v) is 10.4. The number of aliphatic carboxylic acids is 1. The molecule has 2 aromatic carbocycles. The number of nitrogens with zero attached hydrogens (tertiary/aromatic N) is 2. The number of hydrogen-bond donors (Lipinski definition) is 2. The Morgan fingerprint density at radius 1 is 1.22 bits per heavy atom. The van der Waals surface area contributed by atoms with Crippen molar-refractivity contribution in [1.29, 1.82) is 0 Å². The van der Waals surface area contributed by atoms with Crippen LogP contribution in [0.1, 0.15) is 41.0 Å². The Morgan fingerprint density at radius 2 is 1.97 bits per heavy atom. The first-order chi connectivity index (χ1) is 15.3. The molecule has 0 radical (unpaired) electrons. The lowest BCUT2D eigenvalue weighted by atomic mass is 9.98. The Labute approximate surface area is 190 Å². The molecule has 0 aliphatic heterocycles. The second kappa shape index (κ2) is 10.2. The van der Waals surface area contributed by atoms with Gasteiger partial charge in [0.15, 0.2) is 5.69 Å². The Kier molecular flexibility index (Phi) is 7.37. The van der Waals surface area contributed by atoms with Gasteiger partial charge in [-0.25, -0.2) is 0 Å². The van der Waals surface area contributed by atoms with Crippen LogP contribution < -0.4 is 14.8 Å². The van der Waals surface area contributed by atoms with Gasteiger partial charge < -0.3 is 19.9 Å². The Hall–Kier alpha value is -3.52. The summed E-state index contributed by atoms with van der Waals surface area (Å²) in [5, 5.41) is 17.0. The molecule has 168 valence electrons. The summed E-state index contributed by atoms with van der Waals surface area (Å²) in [6.45, 7) is 4.01. The van der Waals surface area contributed by atoms with E-state index < -0.39 is 17.9 Å². The zero-order valence-corrected chi connectivity index (χ0v) is 18.7. The Bertz CT molecular complexity index is 1130. The monoisotopic (exact) mass is 457 g/mol. The number of hydrogen-bond acceptors (Lipinski definition) is 5. The van der Waals surface area contributed by atoms with E-state index in [2.05, 4.69) is 10.4 Å². The SMILES string of the molecule is CCOc1cc(C(=O)NC(CC(=O)O)c2ccc(OC)cc2C)nn1-c1ccccc1Cl. The predicted octanol–water partition coefficient (Wildman–Crippen LogP) is 4.19. The number of aryl methyl sites for hydroxylation is 1. The molecule has 0 aliphatic rings. The second-order valence-corrected chi connectivity index (χ2v) is 7.42. The zero-order valence-electron chi connectivity index (χ0n) is 18.0. The van der Waals surface area contributed by atoms with Crippen molar-refractivity contribution in [1.82, 2.24) is 15.1 Å². The fourth-order valence-electron chi connectivity index (χ4n) is 3.33. The summed E-state index contributed by atoms with van der Waals surface area (Å²) >= 11 is 6.29. The van der Waals surface area contributed by atoms with Crippen LogP contribution in [0.25, 0.3) is 5.69 Å². The third-order valence-electron chi connectivity index (χ3n) is 4.82. The van der Waals surface area contributed by atoms with Gasteiger partial charge in [-0.1, -0.05) is 29.8 Å². The summed E-state index contributed by atoms with van der Waals surface area (Å²) in [7, 11) is 1.55. The van der Waals surface area contributed by atoms with E-state index in [0.29, 0.717) is 34.5 Å². The number of nitrogens with one attached hydrogen (secondary N) is 1. The molecule has 0 bridgehead atoms. The molecule has 0 saturated heterocycles. The van der Waals surface area contributed by atoms with Crippen molar-refractivity contribution in [2.45, 2.75) is 26.3 Å². The minimum Gasteiger partial charge on any atom is -0.497 e. The number of carbonyl (C=O) groups excluding carboxylic acids is 1. The summed E-state index contributed by atoms with van der Waals surface area (Å²) in [5.74, 6) is -0.576. The van der Waals surface area contributed by atoms with Crippen molar-refractivity contribution in [3.63, 3.8) is 0 Å². The standard InChI is InChI=1S/C23H24ClN3O5/c1-4-32-21-12-19(26-27(21)20-8-6-5-7-17(20)24)23(30)25-18(13-22(28)29)16-10-9-15(31-3)11-14(16)2/h5-12,18H,4,13H2,1-3H3,(H,25,30)(H,28,29). The molecule has 3 aromatic rings. The van der Waals surface area contributed by atoms with Gasteiger partial charge in [-0.05, 0) is 49.2 Å². The topological polar surface area (TPSA) is 103 Å². The summed E-state index contributed by atoms with van der Waals surface area (Å²) < 4.78 is 12.3. The molecule has 1 unspecified atom stereocenters. The molecular formula is C23H24ClN3O5. The van der Waals surface area contributed by atoms with Gasteiger partial charge in [-0.15, -0.1) is 0 Å². The first kappa shape index (κ1) is 23.1. The maximum Gasteiger partial charge on any atom is 0.305 e. The van der Waals surface area contributed by atoms with Gasteiger partial charge in [0.2, 0.25) is 5.88 Å². The lowest BCUT2D eigenvalue weighted by Gasteiger charge is -2.19. The lowest BCUT2D eigenvalue weighted by molar-refractivity contribution is -0.137. The molecule has 0 saturated carbocycles. The van der Waals surface area contributed by atoms with E-state index in [-0.39, 0.29) is 12.1 Å². The maximum atomic E-state index is 13.0. The van der Waals surface area contributed by atoms with Gasteiger partial charge in [-0.2, -0.15) is 9.78 Å². The van der Waals surface area contributed by atoms with E-state index in [4.69, 9.17) is 21.1 Å². The third-order valence-corrected chi connectivity index (χ3v) is 5.14. The van der Waals surface area contributed by atoms with Crippen LogP contribution in [0.3, 0.4) is 0 Å². The molecule has 32 heavy (non-hydrogen) atoms. The highest BCUT2D eigenvalue weighted by Crippen LogP contribution is 2.27. The van der Waals surface area contributed by atoms with Gasteiger partial charge in [0, 0.05) is 6.07 Å². The quantitative estimate of drug-likeness (QED) is 0.499. The highest BCUT2D eigenvalue weighted by molar-refractivity contribution is 6.32. The number of para-hydroxylation sites is 1. The molecule has 2 N–H and O–H groups in total. The van der Waals surface area contributed by atoms with Crippen LogP contribution in [0, 0.1) is 6.92 Å².